The molecule has 1 amide bonds. The topological polar surface area (TPSA) is 93.2 Å². The number of anilines is 1. The van der Waals surface area contributed by atoms with Crippen LogP contribution in [0.15, 0.2) is 46.0 Å². The summed E-state index contributed by atoms with van der Waals surface area (Å²) in [6, 6.07) is 8.78. The normalized spacial score (nSPS) is 11.5. The zero-order valence-corrected chi connectivity index (χ0v) is 16.6. The van der Waals surface area contributed by atoms with Crippen LogP contribution in [0.4, 0.5) is 14.9 Å². The largest absolute Gasteiger partial charge is 0.444 e. The average molecular weight is 399 g/mol. The molecule has 1 aromatic heterocycles. The van der Waals surface area contributed by atoms with Crippen molar-refractivity contribution in [2.75, 3.05) is 5.32 Å². The number of nitrogens with zero attached hydrogens (tertiary/aromatic N) is 1. The number of aromatic amines is 1. The lowest BCUT2D eigenvalue weighted by atomic mass is 10.1. The standard InChI is InChI=1S/C21H22FN3O4/c1-5-12-10-15-17(11-16(12)22)24-19(27)25(18(15)26)14-8-6-13(7-9-14)23-20(28)29-21(2,3)4/h6-11H,5H2,1-4H3,(H,23,28)(H,24,27). The second kappa shape index (κ2) is 7.54. The molecule has 3 aromatic rings. The third-order valence-corrected chi connectivity index (χ3v) is 4.22. The predicted octanol–water partition coefficient (Wildman–Crippen LogP) is 3.73. The number of carbonyl (C=O) groups is 1. The molecular weight excluding hydrogens is 377 g/mol. The Morgan fingerprint density at radius 2 is 1.83 bits per heavy atom. The van der Waals surface area contributed by atoms with Crippen molar-refractivity contribution >= 4 is 22.7 Å². The molecule has 0 aliphatic heterocycles. The Morgan fingerprint density at radius 1 is 1.17 bits per heavy atom. The molecule has 0 saturated heterocycles. The predicted molar refractivity (Wildman–Crippen MR) is 109 cm³/mol. The van der Waals surface area contributed by atoms with Gasteiger partial charge >= 0.3 is 11.8 Å². The van der Waals surface area contributed by atoms with E-state index in [1.54, 1.807) is 39.8 Å². The van der Waals surface area contributed by atoms with Gasteiger partial charge in [-0.25, -0.2) is 18.5 Å². The van der Waals surface area contributed by atoms with E-state index < -0.39 is 28.8 Å². The van der Waals surface area contributed by atoms with Crippen molar-refractivity contribution in [2.24, 2.45) is 0 Å². The van der Waals surface area contributed by atoms with Crippen molar-refractivity contribution in [3.8, 4) is 5.69 Å². The average Bonchev–Trinajstić information content (AvgIpc) is 2.61. The highest BCUT2D eigenvalue weighted by atomic mass is 19.1. The van der Waals surface area contributed by atoms with Crippen LogP contribution in [0, 0.1) is 5.82 Å². The Balaban J connectivity index is 1.98. The smallest absolute Gasteiger partial charge is 0.412 e. The number of hydrogen-bond acceptors (Lipinski definition) is 4. The lowest BCUT2D eigenvalue weighted by molar-refractivity contribution is 0.0636. The zero-order chi connectivity index (χ0) is 21.3. The van der Waals surface area contributed by atoms with E-state index >= 15 is 0 Å². The van der Waals surface area contributed by atoms with Gasteiger partial charge in [0.1, 0.15) is 11.4 Å². The van der Waals surface area contributed by atoms with Gasteiger partial charge in [-0.2, -0.15) is 0 Å². The molecule has 0 fully saturated rings. The summed E-state index contributed by atoms with van der Waals surface area (Å²) in [7, 11) is 0. The number of benzene rings is 2. The Bertz CT molecular complexity index is 1190. The third kappa shape index (κ3) is 4.37. The van der Waals surface area contributed by atoms with Crippen LogP contribution >= 0.6 is 0 Å². The number of hydrogen-bond donors (Lipinski definition) is 2. The molecule has 0 aliphatic carbocycles. The van der Waals surface area contributed by atoms with Crippen LogP contribution in [0.5, 0.6) is 0 Å². The monoisotopic (exact) mass is 399 g/mol. The summed E-state index contributed by atoms with van der Waals surface area (Å²) < 4.78 is 20.1. The molecule has 2 aromatic carbocycles. The van der Waals surface area contributed by atoms with Crippen molar-refractivity contribution in [3.05, 3.63) is 68.6 Å². The van der Waals surface area contributed by atoms with Gasteiger partial charge in [0.05, 0.1) is 16.6 Å². The van der Waals surface area contributed by atoms with Crippen LogP contribution in [0.3, 0.4) is 0 Å². The molecule has 3 rings (SSSR count). The highest BCUT2D eigenvalue weighted by molar-refractivity contribution is 5.85. The number of aromatic nitrogens is 2. The van der Waals surface area contributed by atoms with Crippen LogP contribution < -0.4 is 16.6 Å². The van der Waals surface area contributed by atoms with Crippen molar-refractivity contribution in [1.29, 1.82) is 0 Å². The van der Waals surface area contributed by atoms with Crippen molar-refractivity contribution in [1.82, 2.24) is 9.55 Å². The summed E-state index contributed by atoms with van der Waals surface area (Å²) in [5, 5.41) is 2.80. The molecule has 0 radical (unpaired) electrons. The third-order valence-electron chi connectivity index (χ3n) is 4.22. The van der Waals surface area contributed by atoms with E-state index in [1.807, 2.05) is 0 Å². The Labute approximate surface area is 166 Å². The van der Waals surface area contributed by atoms with E-state index in [1.165, 1.54) is 18.2 Å². The highest BCUT2D eigenvalue weighted by Crippen LogP contribution is 2.17. The summed E-state index contributed by atoms with van der Waals surface area (Å²) in [5.74, 6) is -0.467. The first-order chi connectivity index (χ1) is 13.6. The van der Waals surface area contributed by atoms with Crippen LogP contribution in [0.25, 0.3) is 16.6 Å². The minimum absolute atomic E-state index is 0.147. The summed E-state index contributed by atoms with van der Waals surface area (Å²) in [4.78, 5) is 39.7. The van der Waals surface area contributed by atoms with Crippen LogP contribution in [-0.4, -0.2) is 21.2 Å². The molecule has 0 saturated carbocycles. The number of fused-ring (bicyclic) bond motifs is 1. The van der Waals surface area contributed by atoms with E-state index in [0.717, 1.165) is 10.6 Å². The number of carbonyl (C=O) groups excluding carboxylic acids is 1. The van der Waals surface area contributed by atoms with Crippen molar-refractivity contribution < 1.29 is 13.9 Å². The fraction of sp³-hybridized carbons (Fsp3) is 0.286. The molecule has 152 valence electrons. The van der Waals surface area contributed by atoms with E-state index in [-0.39, 0.29) is 10.9 Å². The van der Waals surface area contributed by atoms with Gasteiger partial charge in [0.2, 0.25) is 0 Å². The maximum Gasteiger partial charge on any atom is 0.412 e. The van der Waals surface area contributed by atoms with E-state index in [4.69, 9.17) is 4.74 Å². The Kier molecular flexibility index (Phi) is 5.28. The maximum absolute atomic E-state index is 14.0. The maximum atomic E-state index is 14.0. The number of rotatable bonds is 3. The fourth-order valence-corrected chi connectivity index (χ4v) is 2.90. The molecule has 0 aliphatic rings. The van der Waals surface area contributed by atoms with E-state index in [9.17, 15) is 18.8 Å². The first-order valence-corrected chi connectivity index (χ1v) is 9.17. The highest BCUT2D eigenvalue weighted by Gasteiger charge is 2.16. The molecule has 1 heterocycles. The summed E-state index contributed by atoms with van der Waals surface area (Å²) in [6.07, 6.45) is -0.189. The number of H-pyrrole nitrogens is 1. The first kappa shape index (κ1) is 20.3. The molecule has 7 nitrogen and oxygen atoms in total. The van der Waals surface area contributed by atoms with Gasteiger partial charge in [0.15, 0.2) is 0 Å². The lowest BCUT2D eigenvalue weighted by Crippen LogP contribution is -2.33. The van der Waals surface area contributed by atoms with Gasteiger partial charge in [-0.3, -0.25) is 10.1 Å². The van der Waals surface area contributed by atoms with Crippen LogP contribution in [0.1, 0.15) is 33.3 Å². The number of amides is 1. The van der Waals surface area contributed by atoms with Crippen LogP contribution in [-0.2, 0) is 11.2 Å². The Morgan fingerprint density at radius 3 is 2.41 bits per heavy atom. The number of nitrogens with one attached hydrogen (secondary N) is 2. The second-order valence-corrected chi connectivity index (χ2v) is 7.59. The quantitative estimate of drug-likeness (QED) is 0.702. The number of aryl methyl sites for hydroxylation is 1. The molecular formula is C21H22FN3O4. The molecule has 29 heavy (non-hydrogen) atoms. The van der Waals surface area contributed by atoms with Crippen molar-refractivity contribution in [3.63, 3.8) is 0 Å². The fourth-order valence-electron chi connectivity index (χ4n) is 2.90. The number of ether oxygens (including phenoxy) is 1. The minimum atomic E-state index is -0.681. The Hall–Kier alpha value is -3.42. The molecule has 2 N–H and O–H groups in total. The number of halogens is 1. The second-order valence-electron chi connectivity index (χ2n) is 7.59. The van der Waals surface area contributed by atoms with Gasteiger partial charge in [-0.05, 0) is 69.2 Å². The van der Waals surface area contributed by atoms with Crippen LogP contribution in [0.2, 0.25) is 0 Å². The van der Waals surface area contributed by atoms with Gasteiger partial charge < -0.3 is 9.72 Å². The van der Waals surface area contributed by atoms with E-state index in [0.29, 0.717) is 23.4 Å². The summed E-state index contributed by atoms with van der Waals surface area (Å²) in [6.45, 7) is 7.04. The molecule has 8 heteroatoms. The molecule has 0 spiro atoms. The SMILES string of the molecule is CCc1cc2c(=O)n(-c3ccc(NC(=O)OC(C)(C)C)cc3)c(=O)[nH]c2cc1F. The molecule has 0 atom stereocenters. The first-order valence-electron chi connectivity index (χ1n) is 9.17. The summed E-state index contributed by atoms with van der Waals surface area (Å²) >= 11 is 0. The minimum Gasteiger partial charge on any atom is -0.444 e. The lowest BCUT2D eigenvalue weighted by Gasteiger charge is -2.19. The summed E-state index contributed by atoms with van der Waals surface area (Å²) in [5.41, 5.74) is -0.560. The van der Waals surface area contributed by atoms with E-state index in [2.05, 4.69) is 10.3 Å². The van der Waals surface area contributed by atoms with Gasteiger partial charge in [0, 0.05) is 5.69 Å². The van der Waals surface area contributed by atoms with Crippen molar-refractivity contribution in [2.45, 2.75) is 39.7 Å². The zero-order valence-electron chi connectivity index (χ0n) is 16.6. The van der Waals surface area contributed by atoms with Gasteiger partial charge in [0.25, 0.3) is 5.56 Å². The molecule has 0 bridgehead atoms. The van der Waals surface area contributed by atoms with Gasteiger partial charge in [-0.1, -0.05) is 6.92 Å². The van der Waals surface area contributed by atoms with Gasteiger partial charge in [-0.15, -0.1) is 0 Å². The molecule has 0 unspecified atom stereocenters.